The minimum absolute atomic E-state index is 0.0609. The van der Waals surface area contributed by atoms with Crippen molar-refractivity contribution >= 4 is 21.8 Å². The van der Waals surface area contributed by atoms with Crippen LogP contribution >= 0.6 is 0 Å². The van der Waals surface area contributed by atoms with Crippen molar-refractivity contribution in [2.24, 2.45) is 11.8 Å². The molecule has 2 aromatic rings. The molecule has 40 heavy (non-hydrogen) atoms. The summed E-state index contributed by atoms with van der Waals surface area (Å²) in [6, 6.07) is 11.0. The van der Waals surface area contributed by atoms with Crippen LogP contribution in [-0.4, -0.2) is 55.1 Å². The van der Waals surface area contributed by atoms with E-state index in [-0.39, 0.29) is 35.4 Å². The van der Waals surface area contributed by atoms with E-state index in [9.17, 15) is 31.2 Å². The lowest BCUT2D eigenvalue weighted by atomic mass is 9.95. The fourth-order valence-electron chi connectivity index (χ4n) is 5.02. The lowest BCUT2D eigenvalue weighted by molar-refractivity contribution is -0.137. The van der Waals surface area contributed by atoms with E-state index in [1.54, 1.807) is 0 Å². The minimum atomic E-state index is -4.47. The first-order valence-electron chi connectivity index (χ1n) is 13.1. The molecule has 2 atom stereocenters. The van der Waals surface area contributed by atoms with Gasteiger partial charge in [-0.3, -0.25) is 9.59 Å². The van der Waals surface area contributed by atoms with Crippen molar-refractivity contribution in [1.82, 2.24) is 14.5 Å². The van der Waals surface area contributed by atoms with Gasteiger partial charge in [0.2, 0.25) is 15.9 Å². The molecule has 8 nitrogen and oxygen atoms in total. The molecule has 0 aromatic heterocycles. The number of carbonyl (C=O) groups is 2. The fourth-order valence-corrected chi connectivity index (χ4v) is 6.60. The van der Waals surface area contributed by atoms with Crippen LogP contribution in [0.15, 0.2) is 53.4 Å². The lowest BCUT2D eigenvalue weighted by Crippen LogP contribution is -2.49. The summed E-state index contributed by atoms with van der Waals surface area (Å²) in [5, 5.41) is 11.9. The molecular formula is C28H31F3N4O4S. The van der Waals surface area contributed by atoms with E-state index in [4.69, 9.17) is 5.26 Å². The number of hydrogen-bond acceptors (Lipinski definition) is 5. The molecule has 12 heteroatoms. The predicted molar refractivity (Wildman–Crippen MR) is 140 cm³/mol. The molecule has 214 valence electrons. The summed E-state index contributed by atoms with van der Waals surface area (Å²) >= 11 is 0. The highest BCUT2D eigenvalue weighted by molar-refractivity contribution is 7.89. The van der Waals surface area contributed by atoms with E-state index in [1.807, 2.05) is 19.9 Å². The number of halogens is 3. The van der Waals surface area contributed by atoms with Gasteiger partial charge in [0.25, 0.3) is 5.91 Å². The molecule has 2 aliphatic rings. The zero-order valence-electron chi connectivity index (χ0n) is 22.2. The van der Waals surface area contributed by atoms with Crippen LogP contribution in [-0.2, 0) is 21.0 Å². The molecule has 2 heterocycles. The molecule has 2 fully saturated rings. The normalized spacial score (nSPS) is 19.2. The van der Waals surface area contributed by atoms with Gasteiger partial charge < -0.3 is 10.2 Å². The van der Waals surface area contributed by atoms with Crippen LogP contribution in [0, 0.1) is 23.2 Å². The second kappa shape index (κ2) is 11.6. The van der Waals surface area contributed by atoms with Crippen LogP contribution in [0.4, 0.5) is 13.2 Å². The topological polar surface area (TPSA) is 111 Å². The molecule has 2 aromatic carbocycles. The fraction of sp³-hybridized carbons (Fsp3) is 0.464. The Morgan fingerprint density at radius 3 is 2.40 bits per heavy atom. The predicted octanol–water partition coefficient (Wildman–Crippen LogP) is 4.36. The van der Waals surface area contributed by atoms with Gasteiger partial charge in [0.15, 0.2) is 0 Å². The molecule has 0 aliphatic carbocycles. The standard InChI is InChI=1S/C28H31F3N4O4S/c1-18(2)13-24(20-8-10-22(11-9-20)28(29,30)31)33-26(36)25-7-4-12-35(25)27(37)21-5-3-6-23(14-21)40(38,39)34-16-19(15-32)17-34/h3,5-6,8-11,14,18-19,24-25H,4,7,12-13,16-17H2,1-2H3,(H,33,36)/t24?,25-/m1/s1. The number of nitrogens with zero attached hydrogens (tertiary/aromatic N) is 3. The Labute approximate surface area is 231 Å². The molecule has 0 bridgehead atoms. The SMILES string of the molecule is CC(C)CC(NC(=O)[C@H]1CCCN1C(=O)c1cccc(S(=O)(=O)N2CC(C#N)C2)c1)c1ccc(C(F)(F)F)cc1. The highest BCUT2D eigenvalue weighted by Crippen LogP contribution is 2.32. The molecule has 2 saturated heterocycles. The van der Waals surface area contributed by atoms with Crippen LogP contribution < -0.4 is 5.32 Å². The largest absolute Gasteiger partial charge is 0.416 e. The first-order chi connectivity index (χ1) is 18.8. The quantitative estimate of drug-likeness (QED) is 0.502. The van der Waals surface area contributed by atoms with Crippen molar-refractivity contribution in [3.63, 3.8) is 0 Å². The highest BCUT2D eigenvalue weighted by atomic mass is 32.2. The third kappa shape index (κ3) is 6.31. The van der Waals surface area contributed by atoms with Crippen LogP contribution in [0.3, 0.4) is 0 Å². The lowest BCUT2D eigenvalue weighted by Gasteiger charge is -2.34. The maximum atomic E-state index is 13.4. The average molecular weight is 577 g/mol. The van der Waals surface area contributed by atoms with Crippen LogP contribution in [0.2, 0.25) is 0 Å². The number of carbonyl (C=O) groups excluding carboxylic acids is 2. The number of hydrogen-bond donors (Lipinski definition) is 1. The average Bonchev–Trinajstić information content (AvgIpc) is 3.37. The number of benzene rings is 2. The highest BCUT2D eigenvalue weighted by Gasteiger charge is 2.39. The zero-order valence-corrected chi connectivity index (χ0v) is 23.0. The summed E-state index contributed by atoms with van der Waals surface area (Å²) in [4.78, 5) is 28.2. The van der Waals surface area contributed by atoms with E-state index in [0.717, 1.165) is 12.1 Å². The van der Waals surface area contributed by atoms with Crippen LogP contribution in [0.5, 0.6) is 0 Å². The van der Waals surface area contributed by atoms with Crippen molar-refractivity contribution in [1.29, 1.82) is 5.26 Å². The van der Waals surface area contributed by atoms with E-state index < -0.39 is 45.7 Å². The van der Waals surface area contributed by atoms with E-state index in [0.29, 0.717) is 31.4 Å². The molecular weight excluding hydrogens is 545 g/mol. The number of nitrogens with one attached hydrogen (secondary N) is 1. The van der Waals surface area contributed by atoms with Crippen molar-refractivity contribution in [3.05, 3.63) is 65.2 Å². The molecule has 1 N–H and O–H groups in total. The Bertz CT molecular complexity index is 1400. The number of nitriles is 1. The van der Waals surface area contributed by atoms with Gasteiger partial charge >= 0.3 is 6.18 Å². The Balaban J connectivity index is 1.50. The van der Waals surface area contributed by atoms with E-state index in [1.165, 1.54) is 45.6 Å². The molecule has 1 unspecified atom stereocenters. The summed E-state index contributed by atoms with van der Waals surface area (Å²) in [7, 11) is -3.86. The second-order valence-electron chi connectivity index (χ2n) is 10.6. The van der Waals surface area contributed by atoms with Crippen LogP contribution in [0.1, 0.15) is 60.6 Å². The zero-order chi connectivity index (χ0) is 29.2. The van der Waals surface area contributed by atoms with Gasteiger partial charge in [-0.25, -0.2) is 8.42 Å². The number of alkyl halides is 3. The van der Waals surface area contributed by atoms with Crippen molar-refractivity contribution < 1.29 is 31.2 Å². The van der Waals surface area contributed by atoms with Gasteiger partial charge in [0.1, 0.15) is 6.04 Å². The Morgan fingerprint density at radius 2 is 1.80 bits per heavy atom. The Morgan fingerprint density at radius 1 is 1.12 bits per heavy atom. The molecule has 2 amide bonds. The number of rotatable bonds is 8. The third-order valence-corrected chi connectivity index (χ3v) is 9.06. The summed E-state index contributed by atoms with van der Waals surface area (Å²) in [6.45, 7) is 4.38. The first kappa shape index (κ1) is 29.6. The van der Waals surface area contributed by atoms with Gasteiger partial charge in [0.05, 0.1) is 28.5 Å². The van der Waals surface area contributed by atoms with Gasteiger partial charge in [-0.05, 0) is 61.1 Å². The van der Waals surface area contributed by atoms with Gasteiger partial charge in [0, 0.05) is 25.2 Å². The third-order valence-electron chi connectivity index (χ3n) is 7.23. The summed E-state index contributed by atoms with van der Waals surface area (Å²) in [5.74, 6) is -1.12. The van der Waals surface area contributed by atoms with Crippen molar-refractivity contribution in [2.45, 2.75) is 56.3 Å². The van der Waals surface area contributed by atoms with Crippen molar-refractivity contribution in [3.8, 4) is 6.07 Å². The maximum Gasteiger partial charge on any atom is 0.416 e. The summed E-state index contributed by atoms with van der Waals surface area (Å²) < 4.78 is 66.1. The van der Waals surface area contributed by atoms with Gasteiger partial charge in [-0.2, -0.15) is 22.7 Å². The molecule has 2 aliphatic heterocycles. The van der Waals surface area contributed by atoms with Gasteiger partial charge in [-0.1, -0.05) is 32.0 Å². The molecule has 0 radical (unpaired) electrons. The Kier molecular flexibility index (Phi) is 8.56. The van der Waals surface area contributed by atoms with Crippen LogP contribution in [0.25, 0.3) is 0 Å². The number of likely N-dealkylation sites (tertiary alicyclic amines) is 1. The number of amides is 2. The first-order valence-corrected chi connectivity index (χ1v) is 14.5. The van der Waals surface area contributed by atoms with E-state index in [2.05, 4.69) is 5.32 Å². The number of sulfonamides is 1. The molecule has 0 saturated carbocycles. The second-order valence-corrected chi connectivity index (χ2v) is 12.6. The Hall–Kier alpha value is -3.43. The summed E-state index contributed by atoms with van der Waals surface area (Å²) in [6.07, 6.45) is -3.01. The molecule has 0 spiro atoms. The monoisotopic (exact) mass is 576 g/mol. The van der Waals surface area contributed by atoms with E-state index >= 15 is 0 Å². The molecule has 4 rings (SSSR count). The minimum Gasteiger partial charge on any atom is -0.347 e. The van der Waals surface area contributed by atoms with Gasteiger partial charge in [-0.15, -0.1) is 0 Å². The summed E-state index contributed by atoms with van der Waals surface area (Å²) in [5.41, 5.74) is -0.116. The smallest absolute Gasteiger partial charge is 0.347 e. The maximum absolute atomic E-state index is 13.4. The van der Waals surface area contributed by atoms with Crippen molar-refractivity contribution in [2.75, 3.05) is 19.6 Å².